The van der Waals surface area contributed by atoms with Crippen molar-refractivity contribution >= 4 is 68.6 Å². The van der Waals surface area contributed by atoms with Gasteiger partial charge in [0, 0.05) is 43.8 Å². The highest BCUT2D eigenvalue weighted by atomic mass is 15.1. The first kappa shape index (κ1) is 24.3. The van der Waals surface area contributed by atoms with Crippen molar-refractivity contribution in [2.45, 2.75) is 6.92 Å². The summed E-state index contributed by atoms with van der Waals surface area (Å²) in [6, 6.07) is 16.2. The average Bonchev–Trinajstić information content (AvgIpc) is 3.71. The molecule has 2 aliphatic rings. The first-order valence-corrected chi connectivity index (χ1v) is 13.2. The fourth-order valence-electron chi connectivity index (χ4n) is 5.40. The van der Waals surface area contributed by atoms with Crippen LogP contribution in [0.15, 0.2) is 118 Å². The molecule has 198 valence electrons. The molecule has 8 nitrogen and oxygen atoms in total. The molecule has 0 aliphatic carbocycles. The molecule has 0 fully saturated rings. The molecule has 0 amide bonds. The van der Waals surface area contributed by atoms with Gasteiger partial charge in [-0.3, -0.25) is 0 Å². The Morgan fingerprint density at radius 3 is 1.68 bits per heavy atom. The Balaban J connectivity index is 1.63. The second-order valence-electron chi connectivity index (χ2n) is 9.60. The summed E-state index contributed by atoms with van der Waals surface area (Å²) in [5.74, 6) is 4.02. The molecule has 0 saturated carbocycles. The number of nitrogens with zero attached hydrogens (tertiary/aromatic N) is 4. The Kier molecular flexibility index (Phi) is 5.60. The Morgan fingerprint density at radius 1 is 0.585 bits per heavy atom. The molecule has 0 unspecified atom stereocenters. The fourth-order valence-corrected chi connectivity index (χ4v) is 5.40. The maximum Gasteiger partial charge on any atom is 0.164 e. The smallest absolute Gasteiger partial charge is 0.164 e. The number of H-pyrrole nitrogens is 3. The highest BCUT2D eigenvalue weighted by Crippen LogP contribution is 2.38. The normalized spacial score (nSPS) is 14.5. The number of rotatable bonds is 4. The maximum atomic E-state index is 5.02. The highest BCUT2D eigenvalue weighted by Gasteiger charge is 2.23. The Morgan fingerprint density at radius 2 is 1.12 bits per heavy atom. The van der Waals surface area contributed by atoms with Crippen LogP contribution in [-0.2, 0) is 0 Å². The number of aromatic nitrogens is 3. The van der Waals surface area contributed by atoms with Gasteiger partial charge in [-0.2, -0.15) is 0 Å². The number of aromatic amines is 3. The Labute approximate surface area is 235 Å². The summed E-state index contributed by atoms with van der Waals surface area (Å²) in [5.41, 5.74) is 4.36. The molecule has 0 atom stereocenters. The molecule has 0 radical (unpaired) electrons. The number of aliphatic imine (C=N–C) groups is 2. The number of benzene rings is 2. The molecule has 5 aromatic rings. The second-order valence-corrected chi connectivity index (χ2v) is 9.60. The number of anilines is 2. The second kappa shape index (κ2) is 9.46. The van der Waals surface area contributed by atoms with Crippen LogP contribution in [0.2, 0.25) is 0 Å². The molecular formula is C33H26N8. The molecule has 8 heteroatoms. The van der Waals surface area contributed by atoms with Crippen LogP contribution in [0, 0.1) is 0 Å². The molecule has 0 saturated heterocycles. The lowest BCUT2D eigenvalue weighted by atomic mass is 10.1. The van der Waals surface area contributed by atoms with Gasteiger partial charge in [0.1, 0.15) is 34.2 Å². The van der Waals surface area contributed by atoms with E-state index in [1.807, 2.05) is 55.5 Å². The SMILES string of the molecule is C=CC1=C(/C=C\C)C2=Nc3[nH]c(c4ccccc34)Nc3[nH]c(c4ccccc34)N=c3[nH]c(c(C=C)c3C=C)=NC1=N2. The van der Waals surface area contributed by atoms with E-state index in [0.717, 1.165) is 55.5 Å². The summed E-state index contributed by atoms with van der Waals surface area (Å²) >= 11 is 0. The van der Waals surface area contributed by atoms with E-state index in [4.69, 9.17) is 20.0 Å². The minimum Gasteiger partial charge on any atom is -0.327 e. The summed E-state index contributed by atoms with van der Waals surface area (Å²) < 4.78 is 0. The van der Waals surface area contributed by atoms with Crippen molar-refractivity contribution in [2.75, 3.05) is 5.32 Å². The molecule has 2 aromatic carbocycles. The van der Waals surface area contributed by atoms with E-state index in [1.54, 1.807) is 18.2 Å². The van der Waals surface area contributed by atoms with E-state index in [0.29, 0.717) is 34.3 Å². The Hall–Kier alpha value is -5.76. The fraction of sp³-hybridized carbons (Fsp3) is 0.0303. The van der Waals surface area contributed by atoms with Gasteiger partial charge in [-0.1, -0.05) is 98.6 Å². The van der Waals surface area contributed by atoms with Crippen LogP contribution in [0.25, 0.3) is 33.7 Å². The van der Waals surface area contributed by atoms with Crippen LogP contribution >= 0.6 is 0 Å². The van der Waals surface area contributed by atoms with Gasteiger partial charge in [0.05, 0.1) is 0 Å². The van der Waals surface area contributed by atoms with E-state index in [2.05, 4.69) is 52.1 Å². The number of fused-ring (bicyclic) bond motifs is 13. The first-order valence-electron chi connectivity index (χ1n) is 13.2. The molecule has 41 heavy (non-hydrogen) atoms. The van der Waals surface area contributed by atoms with Crippen molar-refractivity contribution < 1.29 is 0 Å². The number of allylic oxidation sites excluding steroid dienone is 1. The van der Waals surface area contributed by atoms with Crippen molar-refractivity contribution in [3.05, 3.63) is 120 Å². The molecule has 7 rings (SSSR count). The van der Waals surface area contributed by atoms with Crippen LogP contribution in [0.5, 0.6) is 0 Å². The van der Waals surface area contributed by atoms with Crippen molar-refractivity contribution in [1.82, 2.24) is 15.0 Å². The quantitative estimate of drug-likeness (QED) is 0.194. The Bertz CT molecular complexity index is 2190. The summed E-state index contributed by atoms with van der Waals surface area (Å²) in [6.45, 7) is 14.1. The third kappa shape index (κ3) is 3.76. The van der Waals surface area contributed by atoms with Crippen molar-refractivity contribution in [3.8, 4) is 0 Å². The largest absolute Gasteiger partial charge is 0.327 e. The highest BCUT2D eigenvalue weighted by molar-refractivity contribution is 6.24. The van der Waals surface area contributed by atoms with Crippen molar-refractivity contribution in [1.29, 1.82) is 0 Å². The monoisotopic (exact) mass is 534 g/mol. The van der Waals surface area contributed by atoms with Crippen molar-refractivity contribution in [2.24, 2.45) is 20.0 Å². The van der Waals surface area contributed by atoms with Gasteiger partial charge < -0.3 is 20.3 Å². The lowest BCUT2D eigenvalue weighted by molar-refractivity contribution is 1.11. The molecule has 3 aromatic heterocycles. The van der Waals surface area contributed by atoms with E-state index in [1.165, 1.54) is 0 Å². The summed E-state index contributed by atoms with van der Waals surface area (Å²) in [5, 5.41) is 7.51. The number of hydrogen-bond donors (Lipinski definition) is 4. The van der Waals surface area contributed by atoms with Gasteiger partial charge in [-0.05, 0) is 6.92 Å². The third-order valence-corrected chi connectivity index (χ3v) is 7.27. The first-order chi connectivity index (χ1) is 20.1. The lowest BCUT2D eigenvalue weighted by Gasteiger charge is -2.03. The van der Waals surface area contributed by atoms with Gasteiger partial charge in [0.2, 0.25) is 0 Å². The zero-order chi connectivity index (χ0) is 28.1. The minimum absolute atomic E-state index is 0.493. The summed E-state index contributed by atoms with van der Waals surface area (Å²) in [6.07, 6.45) is 9.21. The minimum atomic E-state index is 0.493. The van der Waals surface area contributed by atoms with Crippen LogP contribution < -0.4 is 16.3 Å². The predicted octanol–water partition coefficient (Wildman–Crippen LogP) is 7.09. The number of nitrogens with one attached hydrogen (secondary N) is 4. The predicted molar refractivity (Wildman–Crippen MR) is 169 cm³/mol. The average molecular weight is 535 g/mol. The van der Waals surface area contributed by atoms with Crippen LogP contribution in [-0.4, -0.2) is 26.6 Å². The van der Waals surface area contributed by atoms with Crippen molar-refractivity contribution in [3.63, 3.8) is 0 Å². The van der Waals surface area contributed by atoms with Gasteiger partial charge in [-0.15, -0.1) is 0 Å². The third-order valence-electron chi connectivity index (χ3n) is 7.27. The zero-order valence-electron chi connectivity index (χ0n) is 22.4. The molecule has 8 bridgehead atoms. The van der Waals surface area contributed by atoms with E-state index >= 15 is 0 Å². The number of hydrogen-bond acceptors (Lipinski definition) is 5. The topological polar surface area (TPSA) is 109 Å². The van der Waals surface area contributed by atoms with Crippen LogP contribution in [0.3, 0.4) is 0 Å². The molecular weight excluding hydrogens is 508 g/mol. The van der Waals surface area contributed by atoms with Gasteiger partial charge in [0.15, 0.2) is 11.7 Å². The maximum absolute atomic E-state index is 5.02. The van der Waals surface area contributed by atoms with Gasteiger partial charge in [0.25, 0.3) is 0 Å². The van der Waals surface area contributed by atoms with E-state index < -0.39 is 0 Å². The number of amidine groups is 2. The molecule has 5 heterocycles. The molecule has 2 aliphatic heterocycles. The molecule has 4 N–H and O–H groups in total. The van der Waals surface area contributed by atoms with Gasteiger partial charge in [-0.25, -0.2) is 20.0 Å². The summed E-state index contributed by atoms with van der Waals surface area (Å²) in [7, 11) is 0. The van der Waals surface area contributed by atoms with Crippen LogP contribution in [0.4, 0.5) is 23.3 Å². The van der Waals surface area contributed by atoms with Crippen LogP contribution in [0.1, 0.15) is 18.1 Å². The lowest BCUT2D eigenvalue weighted by Crippen LogP contribution is -2.14. The standard InChI is InChI=1S/C33H26N8/c1-5-13-21-20(8-4)28-35-26-18(6-2)19(7-3)27(34-26)36-30-22-14-9-10-15-23(22)32(39-30)41-33-25-17-12-11-16-24(25)31(40-33)38-29(21)37-28/h5-17,39-41H,2-4H2,1H3,(H,34,35,36,37,38)/b13-5-. The van der Waals surface area contributed by atoms with E-state index in [9.17, 15) is 0 Å². The molecule has 0 spiro atoms. The van der Waals surface area contributed by atoms with Gasteiger partial charge >= 0.3 is 0 Å². The zero-order valence-corrected chi connectivity index (χ0v) is 22.4. The summed E-state index contributed by atoms with van der Waals surface area (Å²) in [4.78, 5) is 30.2. The van der Waals surface area contributed by atoms with E-state index in [-0.39, 0.29) is 0 Å².